The number of carboxylic acid groups (broad SMARTS) is 1. The van der Waals surface area contributed by atoms with E-state index in [0.717, 1.165) is 12.7 Å². The van der Waals surface area contributed by atoms with Gasteiger partial charge in [-0.05, 0) is 18.8 Å². The standard InChI is InChI=1S/C10H17NO5S/c1-7-4-3-5-11(9(7)10(13)14)8(12)6-17(2,15)16/h7,9H,3-6H2,1-2H3,(H,13,14). The molecule has 17 heavy (non-hydrogen) atoms. The zero-order valence-corrected chi connectivity index (χ0v) is 10.7. The van der Waals surface area contributed by atoms with Gasteiger partial charge in [0.05, 0.1) is 0 Å². The number of hydrogen-bond acceptors (Lipinski definition) is 4. The van der Waals surface area contributed by atoms with Crippen molar-refractivity contribution in [3.05, 3.63) is 0 Å². The summed E-state index contributed by atoms with van der Waals surface area (Å²) >= 11 is 0. The van der Waals surface area contributed by atoms with E-state index in [4.69, 9.17) is 5.11 Å². The van der Waals surface area contributed by atoms with Crippen LogP contribution in [0.2, 0.25) is 0 Å². The summed E-state index contributed by atoms with van der Waals surface area (Å²) in [6.07, 6.45) is 2.41. The number of carbonyl (C=O) groups is 2. The minimum absolute atomic E-state index is 0.148. The summed E-state index contributed by atoms with van der Waals surface area (Å²) in [5, 5.41) is 9.08. The number of aliphatic carboxylic acids is 1. The van der Waals surface area contributed by atoms with E-state index >= 15 is 0 Å². The topological polar surface area (TPSA) is 91.8 Å². The van der Waals surface area contributed by atoms with E-state index < -0.39 is 33.5 Å². The predicted molar refractivity (Wildman–Crippen MR) is 61.2 cm³/mol. The quantitative estimate of drug-likeness (QED) is 0.757. The highest BCUT2D eigenvalue weighted by Gasteiger charge is 2.37. The van der Waals surface area contributed by atoms with E-state index in [-0.39, 0.29) is 5.92 Å². The molecule has 0 bridgehead atoms. The van der Waals surface area contributed by atoms with Crippen LogP contribution in [0.1, 0.15) is 19.8 Å². The van der Waals surface area contributed by atoms with Gasteiger partial charge in [-0.1, -0.05) is 6.92 Å². The van der Waals surface area contributed by atoms with Gasteiger partial charge >= 0.3 is 5.97 Å². The average Bonchev–Trinajstić information content (AvgIpc) is 2.13. The molecule has 0 saturated carbocycles. The lowest BCUT2D eigenvalue weighted by atomic mass is 9.91. The Balaban J connectivity index is 2.86. The van der Waals surface area contributed by atoms with Crippen LogP contribution in [0.3, 0.4) is 0 Å². The van der Waals surface area contributed by atoms with E-state index in [0.29, 0.717) is 13.0 Å². The van der Waals surface area contributed by atoms with Gasteiger partial charge in [0.1, 0.15) is 11.8 Å². The van der Waals surface area contributed by atoms with Gasteiger partial charge in [-0.3, -0.25) is 4.79 Å². The molecule has 98 valence electrons. The SMILES string of the molecule is CC1CCCN(C(=O)CS(C)(=O)=O)C1C(=O)O. The number of likely N-dealkylation sites (tertiary alicyclic amines) is 1. The van der Waals surface area contributed by atoms with Gasteiger partial charge in [-0.2, -0.15) is 0 Å². The lowest BCUT2D eigenvalue weighted by molar-refractivity contribution is -0.153. The van der Waals surface area contributed by atoms with Crippen molar-refractivity contribution >= 4 is 21.7 Å². The Bertz CT molecular complexity index is 416. The summed E-state index contributed by atoms with van der Waals surface area (Å²) in [5.41, 5.74) is 0. The number of nitrogens with zero attached hydrogens (tertiary/aromatic N) is 1. The van der Waals surface area contributed by atoms with Gasteiger partial charge in [-0.15, -0.1) is 0 Å². The van der Waals surface area contributed by atoms with Crippen LogP contribution in [0.4, 0.5) is 0 Å². The number of sulfone groups is 1. The van der Waals surface area contributed by atoms with Crippen molar-refractivity contribution in [1.29, 1.82) is 0 Å². The van der Waals surface area contributed by atoms with Gasteiger partial charge in [0, 0.05) is 12.8 Å². The van der Waals surface area contributed by atoms with Crippen LogP contribution in [-0.4, -0.2) is 54.9 Å². The molecule has 0 aliphatic carbocycles. The number of carbonyl (C=O) groups excluding carboxylic acids is 1. The largest absolute Gasteiger partial charge is 0.480 e. The second kappa shape index (κ2) is 5.03. The number of amides is 1. The molecule has 1 N–H and O–H groups in total. The highest BCUT2D eigenvalue weighted by atomic mass is 32.2. The third-order valence-corrected chi connectivity index (χ3v) is 3.66. The third-order valence-electron chi connectivity index (χ3n) is 2.89. The Kier molecular flexibility index (Phi) is 4.13. The second-order valence-corrected chi connectivity index (χ2v) is 6.70. The highest BCUT2D eigenvalue weighted by molar-refractivity contribution is 7.91. The minimum atomic E-state index is -3.42. The van der Waals surface area contributed by atoms with Crippen LogP contribution in [-0.2, 0) is 19.4 Å². The zero-order valence-electron chi connectivity index (χ0n) is 9.92. The molecule has 7 heteroatoms. The molecule has 1 heterocycles. The summed E-state index contributed by atoms with van der Waals surface area (Å²) in [5.74, 6) is -2.46. The average molecular weight is 263 g/mol. The number of piperidine rings is 1. The van der Waals surface area contributed by atoms with Crippen molar-refractivity contribution in [2.75, 3.05) is 18.6 Å². The molecule has 1 rings (SSSR count). The zero-order chi connectivity index (χ0) is 13.2. The smallest absolute Gasteiger partial charge is 0.326 e. The summed E-state index contributed by atoms with van der Waals surface area (Å²) in [6.45, 7) is 2.08. The molecule has 0 aromatic rings. The molecule has 1 aliphatic heterocycles. The van der Waals surface area contributed by atoms with Crippen LogP contribution in [0.5, 0.6) is 0 Å². The van der Waals surface area contributed by atoms with Gasteiger partial charge in [0.15, 0.2) is 9.84 Å². The Morgan fingerprint density at radius 3 is 2.47 bits per heavy atom. The Labute approximate surface area is 101 Å². The lowest BCUT2D eigenvalue weighted by Gasteiger charge is -2.37. The number of carboxylic acids is 1. The van der Waals surface area contributed by atoms with Crippen molar-refractivity contribution in [3.8, 4) is 0 Å². The van der Waals surface area contributed by atoms with E-state index in [1.807, 2.05) is 0 Å². The lowest BCUT2D eigenvalue weighted by Crippen LogP contribution is -2.53. The number of rotatable bonds is 3. The molecule has 1 fully saturated rings. The Hall–Kier alpha value is -1.11. The fourth-order valence-corrected chi connectivity index (χ4v) is 2.77. The Morgan fingerprint density at radius 2 is 2.00 bits per heavy atom. The van der Waals surface area contributed by atoms with Crippen molar-refractivity contribution in [2.45, 2.75) is 25.8 Å². The summed E-state index contributed by atoms with van der Waals surface area (Å²) in [7, 11) is -3.42. The molecule has 1 aliphatic rings. The normalized spacial score (nSPS) is 25.6. The van der Waals surface area contributed by atoms with Gasteiger partial charge in [0.2, 0.25) is 5.91 Å². The van der Waals surface area contributed by atoms with Gasteiger partial charge in [-0.25, -0.2) is 13.2 Å². The maximum Gasteiger partial charge on any atom is 0.326 e. The molecule has 0 aromatic carbocycles. The van der Waals surface area contributed by atoms with Gasteiger partial charge in [0.25, 0.3) is 0 Å². The van der Waals surface area contributed by atoms with Gasteiger partial charge < -0.3 is 10.0 Å². The number of hydrogen-bond donors (Lipinski definition) is 1. The maximum absolute atomic E-state index is 11.8. The maximum atomic E-state index is 11.8. The fourth-order valence-electron chi connectivity index (χ4n) is 2.15. The monoisotopic (exact) mass is 263 g/mol. The summed E-state index contributed by atoms with van der Waals surface area (Å²) in [4.78, 5) is 24.0. The molecule has 0 spiro atoms. The minimum Gasteiger partial charge on any atom is -0.480 e. The first-order valence-electron chi connectivity index (χ1n) is 5.42. The molecule has 6 nitrogen and oxygen atoms in total. The van der Waals surface area contributed by atoms with E-state index in [9.17, 15) is 18.0 Å². The van der Waals surface area contributed by atoms with Crippen LogP contribution in [0.15, 0.2) is 0 Å². The first-order valence-corrected chi connectivity index (χ1v) is 7.48. The van der Waals surface area contributed by atoms with Crippen LogP contribution in [0, 0.1) is 5.92 Å². The first-order chi connectivity index (χ1) is 7.72. The predicted octanol–water partition coefficient (Wildman–Crippen LogP) is -0.257. The molecule has 1 saturated heterocycles. The molecule has 2 atom stereocenters. The summed E-state index contributed by atoms with van der Waals surface area (Å²) in [6, 6.07) is -0.905. The van der Waals surface area contributed by atoms with Crippen LogP contribution < -0.4 is 0 Å². The molecule has 2 unspecified atom stereocenters. The molecular formula is C10H17NO5S. The van der Waals surface area contributed by atoms with E-state index in [1.165, 1.54) is 4.90 Å². The van der Waals surface area contributed by atoms with Crippen molar-refractivity contribution < 1.29 is 23.1 Å². The second-order valence-electron chi connectivity index (χ2n) is 4.56. The molecule has 1 amide bonds. The van der Waals surface area contributed by atoms with Crippen molar-refractivity contribution in [2.24, 2.45) is 5.92 Å². The van der Waals surface area contributed by atoms with Crippen molar-refractivity contribution in [3.63, 3.8) is 0 Å². The molecular weight excluding hydrogens is 246 g/mol. The molecule has 0 radical (unpaired) electrons. The van der Waals surface area contributed by atoms with Crippen molar-refractivity contribution in [1.82, 2.24) is 4.90 Å². The molecule has 0 aromatic heterocycles. The highest BCUT2D eigenvalue weighted by Crippen LogP contribution is 2.23. The Morgan fingerprint density at radius 1 is 1.41 bits per heavy atom. The van der Waals surface area contributed by atoms with E-state index in [1.54, 1.807) is 6.92 Å². The fraction of sp³-hybridized carbons (Fsp3) is 0.800. The van der Waals surface area contributed by atoms with Crippen LogP contribution >= 0.6 is 0 Å². The van der Waals surface area contributed by atoms with E-state index in [2.05, 4.69) is 0 Å². The first kappa shape index (κ1) is 14.0. The van der Waals surface area contributed by atoms with Crippen LogP contribution in [0.25, 0.3) is 0 Å². The third kappa shape index (κ3) is 3.69. The summed E-state index contributed by atoms with van der Waals surface area (Å²) < 4.78 is 22.1.